The average Bonchev–Trinajstić information content (AvgIpc) is 2.74. The van der Waals surface area contributed by atoms with Gasteiger partial charge in [-0.1, -0.05) is 11.6 Å². The molecule has 3 nitrogen and oxygen atoms in total. The second-order valence-electron chi connectivity index (χ2n) is 2.85. The third-order valence-electron chi connectivity index (χ3n) is 1.85. The quantitative estimate of drug-likeness (QED) is 0.824. The lowest BCUT2D eigenvalue weighted by Gasteiger charge is -1.94. The number of hydrogen-bond donors (Lipinski definition) is 1. The van der Waals surface area contributed by atoms with E-state index >= 15 is 0 Å². The number of benzene rings is 1. The smallest absolute Gasteiger partial charge is 0.293 e. The van der Waals surface area contributed by atoms with Gasteiger partial charge in [-0.2, -0.15) is 0 Å². The highest BCUT2D eigenvalue weighted by molar-refractivity contribution is 6.35. The molecule has 1 aromatic heterocycles. The van der Waals surface area contributed by atoms with E-state index in [0.29, 0.717) is 18.6 Å². The fourth-order valence-corrected chi connectivity index (χ4v) is 1.36. The van der Waals surface area contributed by atoms with Gasteiger partial charge in [-0.15, -0.1) is 0 Å². The second-order valence-corrected chi connectivity index (χ2v) is 3.23. The summed E-state index contributed by atoms with van der Waals surface area (Å²) in [5.74, 6) is -0.387. The van der Waals surface area contributed by atoms with Crippen molar-refractivity contribution in [2.75, 3.05) is 6.61 Å². The lowest BCUT2D eigenvalue weighted by molar-refractivity contribution is -0.128. The number of rotatable bonds is 2. The average molecular weight is 244 g/mol. The van der Waals surface area contributed by atoms with Gasteiger partial charge in [-0.25, -0.2) is 4.39 Å². The first-order valence-corrected chi connectivity index (χ1v) is 5.04. The molecule has 0 fully saturated rings. The number of carbonyl (C=O) groups excluding carboxylic acids is 1. The Balaban J connectivity index is 0.000000221. The topological polar surface area (TPSA) is 42.1 Å². The Morgan fingerprint density at radius 2 is 2.25 bits per heavy atom. The van der Waals surface area contributed by atoms with E-state index < -0.39 is 0 Å². The lowest BCUT2D eigenvalue weighted by Crippen LogP contribution is -1.80. The van der Waals surface area contributed by atoms with E-state index in [0.717, 1.165) is 5.39 Å². The summed E-state index contributed by atoms with van der Waals surface area (Å²) in [4.78, 5) is 12.0. The molecule has 0 saturated heterocycles. The number of fused-ring (bicyclic) bond motifs is 1. The summed E-state index contributed by atoms with van der Waals surface area (Å²) in [7, 11) is 0. The lowest BCUT2D eigenvalue weighted by atomic mass is 10.2. The minimum absolute atomic E-state index is 0.160. The maximum absolute atomic E-state index is 12.8. The van der Waals surface area contributed by atoms with Crippen LogP contribution in [0.2, 0.25) is 5.02 Å². The van der Waals surface area contributed by atoms with Crippen molar-refractivity contribution in [3.63, 3.8) is 0 Å². The maximum atomic E-state index is 12.8. The Morgan fingerprint density at radius 1 is 1.50 bits per heavy atom. The van der Waals surface area contributed by atoms with Gasteiger partial charge >= 0.3 is 0 Å². The Labute approximate surface area is 97.2 Å². The molecule has 0 saturated carbocycles. The number of aromatic amines is 1. The third kappa shape index (κ3) is 2.97. The summed E-state index contributed by atoms with van der Waals surface area (Å²) in [5.41, 5.74) is 0.659. The Hall–Kier alpha value is -1.55. The molecular weight excluding hydrogens is 233 g/mol. The van der Waals surface area contributed by atoms with Crippen LogP contribution >= 0.6 is 11.6 Å². The van der Waals surface area contributed by atoms with Crippen LogP contribution in [-0.4, -0.2) is 18.1 Å². The molecule has 0 amide bonds. The van der Waals surface area contributed by atoms with E-state index in [1.54, 1.807) is 19.2 Å². The Kier molecular flexibility index (Phi) is 4.79. The molecular formula is C11H11ClFNO2. The fraction of sp³-hybridized carbons (Fsp3) is 0.182. The van der Waals surface area contributed by atoms with Crippen LogP contribution in [0.15, 0.2) is 24.4 Å². The van der Waals surface area contributed by atoms with E-state index in [-0.39, 0.29) is 10.8 Å². The van der Waals surface area contributed by atoms with Gasteiger partial charge < -0.3 is 9.72 Å². The first-order chi connectivity index (χ1) is 7.70. The second kappa shape index (κ2) is 6.12. The summed E-state index contributed by atoms with van der Waals surface area (Å²) in [6, 6.07) is 4.90. The molecule has 0 bridgehead atoms. The molecule has 86 valence electrons. The van der Waals surface area contributed by atoms with Crippen molar-refractivity contribution >= 4 is 29.0 Å². The zero-order valence-electron chi connectivity index (χ0n) is 8.67. The van der Waals surface area contributed by atoms with Crippen molar-refractivity contribution in [2.24, 2.45) is 0 Å². The maximum Gasteiger partial charge on any atom is 0.293 e. The first kappa shape index (κ1) is 12.5. The van der Waals surface area contributed by atoms with Crippen LogP contribution in [0.3, 0.4) is 0 Å². The third-order valence-corrected chi connectivity index (χ3v) is 2.22. The van der Waals surface area contributed by atoms with Gasteiger partial charge in [0, 0.05) is 11.6 Å². The molecule has 0 atom stereocenters. The SMILES string of the molecule is CCOC=O.Fc1ccc2cc[nH]c2c1Cl. The highest BCUT2D eigenvalue weighted by Crippen LogP contribution is 2.24. The Morgan fingerprint density at radius 3 is 2.81 bits per heavy atom. The van der Waals surface area contributed by atoms with Crippen LogP contribution in [0.5, 0.6) is 0 Å². The van der Waals surface area contributed by atoms with E-state index in [1.165, 1.54) is 6.07 Å². The molecule has 5 heteroatoms. The van der Waals surface area contributed by atoms with Crippen molar-refractivity contribution in [3.8, 4) is 0 Å². The number of carbonyl (C=O) groups is 1. The van der Waals surface area contributed by atoms with Crippen LogP contribution in [0.1, 0.15) is 6.92 Å². The molecule has 2 rings (SSSR count). The van der Waals surface area contributed by atoms with Crippen LogP contribution in [0.4, 0.5) is 4.39 Å². The molecule has 0 aliphatic carbocycles. The molecule has 1 aromatic carbocycles. The van der Waals surface area contributed by atoms with Gasteiger partial charge in [-0.3, -0.25) is 4.79 Å². The standard InChI is InChI=1S/C8H5ClFN.C3H6O2/c9-7-6(10)2-1-5-3-4-11-8(5)7;1-2-5-3-4/h1-4,11H;3H,2H2,1H3. The molecule has 0 aliphatic heterocycles. The van der Waals surface area contributed by atoms with Gasteiger partial charge in [0.1, 0.15) is 10.8 Å². The van der Waals surface area contributed by atoms with Crippen molar-refractivity contribution in [2.45, 2.75) is 6.92 Å². The van der Waals surface area contributed by atoms with Crippen molar-refractivity contribution in [1.82, 2.24) is 4.98 Å². The number of hydrogen-bond acceptors (Lipinski definition) is 2. The number of nitrogens with one attached hydrogen (secondary N) is 1. The molecule has 0 spiro atoms. The zero-order valence-corrected chi connectivity index (χ0v) is 9.42. The fourth-order valence-electron chi connectivity index (χ4n) is 1.13. The predicted molar refractivity (Wildman–Crippen MR) is 61.0 cm³/mol. The highest BCUT2D eigenvalue weighted by Gasteiger charge is 2.04. The number of aromatic nitrogens is 1. The summed E-state index contributed by atoms with van der Waals surface area (Å²) in [6.45, 7) is 2.66. The highest BCUT2D eigenvalue weighted by atomic mass is 35.5. The van der Waals surface area contributed by atoms with Crippen molar-refractivity contribution in [1.29, 1.82) is 0 Å². The normalized spacial score (nSPS) is 9.44. The first-order valence-electron chi connectivity index (χ1n) is 4.67. The van der Waals surface area contributed by atoms with Crippen LogP contribution in [-0.2, 0) is 9.53 Å². The summed E-state index contributed by atoms with van der Waals surface area (Å²) in [6.07, 6.45) is 1.73. The summed E-state index contributed by atoms with van der Waals surface area (Å²) >= 11 is 5.66. The van der Waals surface area contributed by atoms with Gasteiger partial charge in [0.05, 0.1) is 12.1 Å². The number of H-pyrrole nitrogens is 1. The predicted octanol–water partition coefficient (Wildman–Crippen LogP) is 3.14. The molecule has 1 heterocycles. The van der Waals surface area contributed by atoms with Crippen LogP contribution in [0.25, 0.3) is 10.9 Å². The van der Waals surface area contributed by atoms with E-state index in [9.17, 15) is 9.18 Å². The summed E-state index contributed by atoms with van der Waals surface area (Å²) in [5, 5.41) is 1.09. The van der Waals surface area contributed by atoms with Gasteiger partial charge in [0.15, 0.2) is 0 Å². The minimum atomic E-state index is -0.387. The number of halogens is 2. The molecule has 1 N–H and O–H groups in total. The van der Waals surface area contributed by atoms with E-state index in [4.69, 9.17) is 11.6 Å². The Bertz CT molecular complexity index is 470. The minimum Gasteiger partial charge on any atom is -0.468 e. The van der Waals surface area contributed by atoms with Gasteiger partial charge in [0.25, 0.3) is 6.47 Å². The van der Waals surface area contributed by atoms with E-state index in [1.807, 2.05) is 6.07 Å². The molecule has 16 heavy (non-hydrogen) atoms. The van der Waals surface area contributed by atoms with Crippen molar-refractivity contribution < 1.29 is 13.9 Å². The van der Waals surface area contributed by atoms with Gasteiger partial charge in [-0.05, 0) is 25.1 Å². The van der Waals surface area contributed by atoms with E-state index in [2.05, 4.69) is 9.72 Å². The monoisotopic (exact) mass is 243 g/mol. The van der Waals surface area contributed by atoms with Gasteiger partial charge in [0.2, 0.25) is 0 Å². The number of ether oxygens (including phenoxy) is 1. The molecule has 2 aromatic rings. The zero-order chi connectivity index (χ0) is 12.0. The molecule has 0 radical (unpaired) electrons. The summed E-state index contributed by atoms with van der Waals surface area (Å²) < 4.78 is 16.9. The largest absolute Gasteiger partial charge is 0.468 e. The van der Waals surface area contributed by atoms with Crippen LogP contribution < -0.4 is 0 Å². The molecule has 0 unspecified atom stereocenters. The van der Waals surface area contributed by atoms with Crippen molar-refractivity contribution in [3.05, 3.63) is 35.2 Å². The van der Waals surface area contributed by atoms with Crippen LogP contribution in [0, 0.1) is 5.82 Å². The molecule has 0 aliphatic rings.